The fourth-order valence-corrected chi connectivity index (χ4v) is 6.56. The van der Waals surface area contributed by atoms with Crippen molar-refractivity contribution in [2.24, 2.45) is 5.92 Å². The number of benzene rings is 2. The van der Waals surface area contributed by atoms with Crippen LogP contribution in [0, 0.1) is 23.4 Å². The molecule has 2 aliphatic carbocycles. The summed E-state index contributed by atoms with van der Waals surface area (Å²) in [6.45, 7) is 1.51. The normalized spacial score (nSPS) is 29.9. The number of hydrogen-bond acceptors (Lipinski definition) is 4. The number of ether oxygens (including phenoxy) is 1. The molecule has 2 aromatic carbocycles. The highest BCUT2D eigenvalue weighted by molar-refractivity contribution is 5.93. The Morgan fingerprint density at radius 2 is 1.66 bits per heavy atom. The second kappa shape index (κ2) is 10.2. The van der Waals surface area contributed by atoms with E-state index in [2.05, 4.69) is 10.2 Å². The zero-order chi connectivity index (χ0) is 26.4. The third kappa shape index (κ3) is 4.88. The molecule has 6 nitrogen and oxygen atoms in total. The average molecular weight is 528 g/mol. The lowest BCUT2D eigenvalue weighted by atomic mass is 9.81. The van der Waals surface area contributed by atoms with Crippen molar-refractivity contribution in [2.75, 3.05) is 13.1 Å². The van der Waals surface area contributed by atoms with Gasteiger partial charge in [-0.05, 0) is 86.1 Å². The summed E-state index contributed by atoms with van der Waals surface area (Å²) in [6.07, 6.45) is 4.96. The number of nitrogens with one attached hydrogen (secondary N) is 1. The van der Waals surface area contributed by atoms with E-state index in [-0.39, 0.29) is 23.7 Å². The number of imide groups is 1. The number of urea groups is 1. The van der Waals surface area contributed by atoms with E-state index in [1.54, 1.807) is 6.07 Å². The van der Waals surface area contributed by atoms with Crippen molar-refractivity contribution in [1.29, 1.82) is 0 Å². The van der Waals surface area contributed by atoms with Crippen LogP contribution in [0.2, 0.25) is 0 Å². The lowest BCUT2D eigenvalue weighted by Gasteiger charge is -2.35. The number of cyclic esters (lactones) is 1. The van der Waals surface area contributed by atoms with Crippen LogP contribution < -0.4 is 5.32 Å². The molecular formula is C29H32F3N3O3. The summed E-state index contributed by atoms with van der Waals surface area (Å²) in [4.78, 5) is 29.6. The molecule has 3 atom stereocenters. The molecule has 2 aliphatic heterocycles. The van der Waals surface area contributed by atoms with Gasteiger partial charge in [0, 0.05) is 25.2 Å². The maximum Gasteiger partial charge on any atom is 0.419 e. The summed E-state index contributed by atoms with van der Waals surface area (Å²) in [5.41, 5.74) is 1.15. The van der Waals surface area contributed by atoms with E-state index in [1.165, 1.54) is 12.1 Å². The van der Waals surface area contributed by atoms with Gasteiger partial charge in [0.2, 0.25) is 0 Å². The maximum atomic E-state index is 14.2. The van der Waals surface area contributed by atoms with Crippen LogP contribution in [-0.2, 0) is 4.74 Å². The van der Waals surface area contributed by atoms with E-state index < -0.39 is 35.9 Å². The summed E-state index contributed by atoms with van der Waals surface area (Å²) in [6, 6.07) is 9.37. The number of hydrogen-bond donors (Lipinski definition) is 1. The highest BCUT2D eigenvalue weighted by Crippen LogP contribution is 2.46. The molecule has 9 heteroatoms. The summed E-state index contributed by atoms with van der Waals surface area (Å²) >= 11 is 0. The summed E-state index contributed by atoms with van der Waals surface area (Å²) in [5.74, 6) is -1.79. The molecule has 3 amide bonds. The quantitative estimate of drug-likeness (QED) is 0.527. The van der Waals surface area contributed by atoms with Gasteiger partial charge >= 0.3 is 12.1 Å². The van der Waals surface area contributed by atoms with Gasteiger partial charge in [0.15, 0.2) is 11.6 Å². The van der Waals surface area contributed by atoms with Crippen LogP contribution in [0.1, 0.15) is 68.0 Å². The number of carbonyl (C=O) groups excluding carboxylic acids is 2. The Bertz CT molecular complexity index is 1210. The zero-order valence-corrected chi connectivity index (χ0v) is 21.1. The maximum absolute atomic E-state index is 14.2. The smallest absolute Gasteiger partial charge is 0.419 e. The fraction of sp³-hybridized carbons (Fsp3) is 0.517. The fourth-order valence-electron chi connectivity index (χ4n) is 6.56. The summed E-state index contributed by atoms with van der Waals surface area (Å²) < 4.78 is 47.4. The monoisotopic (exact) mass is 527 g/mol. The van der Waals surface area contributed by atoms with E-state index >= 15 is 0 Å². The van der Waals surface area contributed by atoms with Crippen molar-refractivity contribution in [3.63, 3.8) is 0 Å². The molecular weight excluding hydrogens is 495 g/mol. The van der Waals surface area contributed by atoms with E-state index in [4.69, 9.17) is 4.74 Å². The highest BCUT2D eigenvalue weighted by Gasteiger charge is 2.52. The molecule has 4 fully saturated rings. The first-order valence-electron chi connectivity index (χ1n) is 13.6. The van der Waals surface area contributed by atoms with E-state index in [0.717, 1.165) is 74.1 Å². The van der Waals surface area contributed by atoms with Crippen LogP contribution in [0.4, 0.5) is 22.8 Å². The van der Waals surface area contributed by atoms with Crippen LogP contribution in [0.15, 0.2) is 42.5 Å². The second-order valence-electron chi connectivity index (χ2n) is 11.1. The summed E-state index contributed by atoms with van der Waals surface area (Å²) in [5, 5.41) is 3.00. The van der Waals surface area contributed by atoms with Crippen LogP contribution in [0.25, 0.3) is 0 Å². The molecule has 4 aliphatic rings. The molecule has 2 aromatic rings. The van der Waals surface area contributed by atoms with Crippen molar-refractivity contribution in [1.82, 2.24) is 15.1 Å². The highest BCUT2D eigenvalue weighted by atomic mass is 19.2. The second-order valence-corrected chi connectivity index (χ2v) is 11.1. The Kier molecular flexibility index (Phi) is 6.80. The van der Waals surface area contributed by atoms with Crippen molar-refractivity contribution < 1.29 is 27.5 Å². The number of rotatable bonds is 5. The lowest BCUT2D eigenvalue weighted by molar-refractivity contribution is 0.118. The predicted molar refractivity (Wildman–Crippen MR) is 134 cm³/mol. The molecule has 38 heavy (non-hydrogen) atoms. The zero-order valence-electron chi connectivity index (χ0n) is 21.1. The topological polar surface area (TPSA) is 61.9 Å². The SMILES string of the molecule is O=C(N[C@@H]1CCN(C2CCC(c3ccccc3F)CC2)C1)N1C(=O)OC(C2CC2)C1c1ccc(F)c(F)c1. The molecule has 2 saturated carbocycles. The lowest BCUT2D eigenvalue weighted by Crippen LogP contribution is -2.48. The molecule has 0 bridgehead atoms. The third-order valence-electron chi connectivity index (χ3n) is 8.72. The Hall–Kier alpha value is -3.07. The van der Waals surface area contributed by atoms with Crippen LogP contribution in [0.3, 0.4) is 0 Å². The molecule has 6 rings (SSSR count). The number of halogens is 3. The number of carbonyl (C=O) groups is 2. The Balaban J connectivity index is 1.08. The van der Waals surface area contributed by atoms with Gasteiger partial charge in [0.05, 0.1) is 0 Å². The first-order valence-corrected chi connectivity index (χ1v) is 13.6. The van der Waals surface area contributed by atoms with Crippen LogP contribution in [0.5, 0.6) is 0 Å². The van der Waals surface area contributed by atoms with Gasteiger partial charge in [-0.1, -0.05) is 24.3 Å². The molecule has 202 valence electrons. The predicted octanol–water partition coefficient (Wildman–Crippen LogP) is 5.89. The van der Waals surface area contributed by atoms with Crippen molar-refractivity contribution >= 4 is 12.1 Å². The molecule has 0 radical (unpaired) electrons. The first kappa shape index (κ1) is 25.2. The summed E-state index contributed by atoms with van der Waals surface area (Å²) in [7, 11) is 0. The van der Waals surface area contributed by atoms with E-state index in [9.17, 15) is 22.8 Å². The van der Waals surface area contributed by atoms with Crippen LogP contribution >= 0.6 is 0 Å². The first-order chi connectivity index (χ1) is 18.4. The Labute approximate surface area is 220 Å². The number of amides is 3. The van der Waals surface area contributed by atoms with E-state index in [0.29, 0.717) is 18.2 Å². The Morgan fingerprint density at radius 3 is 2.37 bits per heavy atom. The third-order valence-corrected chi connectivity index (χ3v) is 8.72. The Morgan fingerprint density at radius 1 is 0.895 bits per heavy atom. The van der Waals surface area contributed by atoms with Gasteiger partial charge in [-0.3, -0.25) is 4.90 Å². The van der Waals surface area contributed by atoms with Gasteiger partial charge in [-0.15, -0.1) is 0 Å². The van der Waals surface area contributed by atoms with Crippen molar-refractivity contribution in [3.8, 4) is 0 Å². The minimum Gasteiger partial charge on any atom is -0.443 e. The van der Waals surface area contributed by atoms with Crippen molar-refractivity contribution in [3.05, 3.63) is 71.0 Å². The largest absolute Gasteiger partial charge is 0.443 e. The molecule has 2 unspecified atom stereocenters. The van der Waals surface area contributed by atoms with Crippen molar-refractivity contribution in [2.45, 2.75) is 75.1 Å². The van der Waals surface area contributed by atoms with Gasteiger partial charge in [-0.2, -0.15) is 0 Å². The molecule has 1 N–H and O–H groups in total. The van der Waals surface area contributed by atoms with Gasteiger partial charge in [0.25, 0.3) is 0 Å². The van der Waals surface area contributed by atoms with Gasteiger partial charge in [-0.25, -0.2) is 27.7 Å². The standard InChI is InChI=1S/C29H32F3N3O3/c30-23-4-2-1-3-22(23)17-7-10-21(11-8-17)34-14-13-20(16-34)33-28(36)35-26(19-9-12-24(31)25(32)15-19)27(18-5-6-18)38-29(35)37/h1-4,9,12,15,17-18,20-21,26-27H,5-8,10-11,13-14,16H2,(H,33,36)/t17?,20-,21?,26?,27?/m1/s1. The number of likely N-dealkylation sites (tertiary alicyclic amines) is 1. The minimum absolute atomic E-state index is 0.108. The van der Waals surface area contributed by atoms with Gasteiger partial charge < -0.3 is 10.1 Å². The molecule has 2 heterocycles. The van der Waals surface area contributed by atoms with E-state index in [1.807, 2.05) is 12.1 Å². The molecule has 0 spiro atoms. The molecule has 0 aromatic heterocycles. The van der Waals surface area contributed by atoms with Gasteiger partial charge in [0.1, 0.15) is 18.0 Å². The average Bonchev–Trinajstić information content (AvgIpc) is 3.56. The molecule has 2 saturated heterocycles. The van der Waals surface area contributed by atoms with Crippen LogP contribution in [-0.4, -0.2) is 53.2 Å². The minimum atomic E-state index is -1.02. The number of nitrogens with zero attached hydrogens (tertiary/aromatic N) is 2.